The normalized spacial score (nSPS) is 11.8. The molecule has 0 fully saturated rings. The first-order valence-electron chi connectivity index (χ1n) is 4.67. The van der Waals surface area contributed by atoms with Crippen LogP contribution in [-0.4, -0.2) is 17.9 Å². The summed E-state index contributed by atoms with van der Waals surface area (Å²) in [6.07, 6.45) is 0. The molecule has 1 aromatic rings. The van der Waals surface area contributed by atoms with Gasteiger partial charge in [0, 0.05) is 11.4 Å². The minimum Gasteiger partial charge on any atom is -0.399 e. The summed E-state index contributed by atoms with van der Waals surface area (Å²) in [5, 5.41) is 2.78. The number of anilines is 2. The molecule has 2 amide bonds. The Labute approximate surface area is 92.8 Å². The quantitative estimate of drug-likeness (QED) is 0.520. The van der Waals surface area contributed by atoms with E-state index in [0.29, 0.717) is 11.4 Å². The van der Waals surface area contributed by atoms with Crippen LogP contribution in [0, 0.1) is 0 Å². The monoisotopic (exact) mass is 222 g/mol. The molecule has 0 radical (unpaired) electrons. The number of rotatable bonds is 4. The van der Waals surface area contributed by atoms with Crippen molar-refractivity contribution in [3.05, 3.63) is 23.8 Å². The molecule has 1 aromatic carbocycles. The summed E-state index contributed by atoms with van der Waals surface area (Å²) in [6.45, 7) is 1.58. The number of hydrogen-bond donors (Lipinski definition) is 4. The first kappa shape index (κ1) is 11.8. The Hall–Kier alpha value is -2.24. The Bertz CT molecular complexity index is 431. The number of nitrogens with one attached hydrogen (secondary N) is 1. The third kappa shape index (κ3) is 2.63. The Morgan fingerprint density at radius 2 is 1.94 bits per heavy atom. The van der Waals surface area contributed by atoms with E-state index in [9.17, 15) is 9.59 Å². The smallest absolute Gasteiger partial charge is 0.250 e. The summed E-state index contributed by atoms with van der Waals surface area (Å²) in [5.74, 6) is -1.13. The zero-order valence-corrected chi connectivity index (χ0v) is 8.86. The molecule has 0 saturated carbocycles. The van der Waals surface area contributed by atoms with Crippen LogP contribution in [0.25, 0.3) is 0 Å². The number of hydrogen-bond acceptors (Lipinski definition) is 4. The van der Waals surface area contributed by atoms with Gasteiger partial charge in [0.05, 0.1) is 5.56 Å². The summed E-state index contributed by atoms with van der Waals surface area (Å²) in [5.41, 5.74) is 17.0. The zero-order chi connectivity index (χ0) is 12.3. The molecule has 6 heteroatoms. The number of carbonyl (C=O) groups is 2. The Morgan fingerprint density at radius 3 is 2.44 bits per heavy atom. The third-order valence-corrected chi connectivity index (χ3v) is 2.11. The maximum Gasteiger partial charge on any atom is 0.250 e. The minimum absolute atomic E-state index is 0.266. The molecule has 1 rings (SSSR count). The highest BCUT2D eigenvalue weighted by atomic mass is 16.1. The van der Waals surface area contributed by atoms with Crippen LogP contribution in [0.5, 0.6) is 0 Å². The average Bonchev–Trinajstić information content (AvgIpc) is 2.16. The van der Waals surface area contributed by atoms with Gasteiger partial charge in [-0.25, -0.2) is 0 Å². The van der Waals surface area contributed by atoms with Gasteiger partial charge in [-0.3, -0.25) is 9.59 Å². The molecule has 0 saturated heterocycles. The Balaban J connectivity index is 3.05. The van der Waals surface area contributed by atoms with Gasteiger partial charge in [-0.1, -0.05) is 0 Å². The summed E-state index contributed by atoms with van der Waals surface area (Å²) in [6, 6.07) is 3.97. The van der Waals surface area contributed by atoms with Crippen LogP contribution in [0.4, 0.5) is 11.4 Å². The van der Waals surface area contributed by atoms with E-state index < -0.39 is 17.9 Å². The predicted molar refractivity (Wildman–Crippen MR) is 61.7 cm³/mol. The second-order valence-corrected chi connectivity index (χ2v) is 3.44. The van der Waals surface area contributed by atoms with Gasteiger partial charge in [0.15, 0.2) is 0 Å². The first-order chi connectivity index (χ1) is 7.41. The summed E-state index contributed by atoms with van der Waals surface area (Å²) in [7, 11) is 0. The van der Waals surface area contributed by atoms with Crippen molar-refractivity contribution < 1.29 is 9.59 Å². The van der Waals surface area contributed by atoms with Gasteiger partial charge in [0.1, 0.15) is 6.04 Å². The van der Waals surface area contributed by atoms with Gasteiger partial charge >= 0.3 is 0 Å². The molecular formula is C10H14N4O2. The van der Waals surface area contributed by atoms with Gasteiger partial charge in [-0.2, -0.15) is 0 Å². The Morgan fingerprint density at radius 1 is 1.31 bits per heavy atom. The average molecular weight is 222 g/mol. The fourth-order valence-corrected chi connectivity index (χ4v) is 1.20. The summed E-state index contributed by atoms with van der Waals surface area (Å²) >= 11 is 0. The van der Waals surface area contributed by atoms with Crippen LogP contribution in [0.1, 0.15) is 17.3 Å². The lowest BCUT2D eigenvalue weighted by atomic mass is 10.1. The number of amides is 2. The van der Waals surface area contributed by atoms with E-state index in [1.165, 1.54) is 12.1 Å². The number of carbonyl (C=O) groups excluding carboxylic acids is 2. The number of primary amides is 2. The van der Waals surface area contributed by atoms with Crippen LogP contribution in [0.2, 0.25) is 0 Å². The van der Waals surface area contributed by atoms with Gasteiger partial charge in [0.25, 0.3) is 5.91 Å². The van der Waals surface area contributed by atoms with Gasteiger partial charge < -0.3 is 22.5 Å². The largest absolute Gasteiger partial charge is 0.399 e. The van der Waals surface area contributed by atoms with Crippen molar-refractivity contribution in [1.29, 1.82) is 0 Å². The van der Waals surface area contributed by atoms with Gasteiger partial charge in [-0.15, -0.1) is 0 Å². The van der Waals surface area contributed by atoms with Gasteiger partial charge in [-0.05, 0) is 25.1 Å². The van der Waals surface area contributed by atoms with E-state index in [-0.39, 0.29) is 5.56 Å². The standard InChI is InChI=1S/C10H14N4O2/c1-5(9(12)15)14-8-4-6(11)2-3-7(8)10(13)16/h2-5,14H,11H2,1H3,(H2,12,15)(H2,13,16). The predicted octanol–water partition coefficient (Wildman–Crippen LogP) is -0.347. The minimum atomic E-state index is -0.611. The zero-order valence-electron chi connectivity index (χ0n) is 8.86. The molecular weight excluding hydrogens is 208 g/mol. The molecule has 0 bridgehead atoms. The van der Waals surface area contributed by atoms with Crippen molar-refractivity contribution in [2.75, 3.05) is 11.1 Å². The maximum absolute atomic E-state index is 11.1. The lowest BCUT2D eigenvalue weighted by Gasteiger charge is -2.14. The van der Waals surface area contributed by atoms with E-state index in [2.05, 4.69) is 5.32 Å². The molecule has 16 heavy (non-hydrogen) atoms. The molecule has 7 N–H and O–H groups in total. The number of nitrogens with two attached hydrogens (primary N) is 3. The van der Waals surface area contributed by atoms with Crippen molar-refractivity contribution in [1.82, 2.24) is 0 Å². The van der Waals surface area contributed by atoms with E-state index in [1.807, 2.05) is 0 Å². The topological polar surface area (TPSA) is 124 Å². The van der Waals surface area contributed by atoms with Crippen LogP contribution in [-0.2, 0) is 4.79 Å². The summed E-state index contributed by atoms with van der Waals surface area (Å²) < 4.78 is 0. The highest BCUT2D eigenvalue weighted by Crippen LogP contribution is 2.19. The molecule has 0 aliphatic heterocycles. The molecule has 1 unspecified atom stereocenters. The fraction of sp³-hybridized carbons (Fsp3) is 0.200. The molecule has 0 aromatic heterocycles. The molecule has 0 spiro atoms. The molecule has 0 aliphatic carbocycles. The molecule has 0 heterocycles. The summed E-state index contributed by atoms with van der Waals surface area (Å²) in [4.78, 5) is 22.0. The lowest BCUT2D eigenvalue weighted by molar-refractivity contribution is -0.118. The fourth-order valence-electron chi connectivity index (χ4n) is 1.20. The highest BCUT2D eigenvalue weighted by molar-refractivity contribution is 5.99. The van der Waals surface area contributed by atoms with Crippen LogP contribution < -0.4 is 22.5 Å². The van der Waals surface area contributed by atoms with Crippen LogP contribution in [0.3, 0.4) is 0 Å². The first-order valence-corrected chi connectivity index (χ1v) is 4.67. The third-order valence-electron chi connectivity index (χ3n) is 2.11. The van der Waals surface area contributed by atoms with Crippen molar-refractivity contribution >= 4 is 23.2 Å². The lowest BCUT2D eigenvalue weighted by Crippen LogP contribution is -2.33. The van der Waals surface area contributed by atoms with Crippen molar-refractivity contribution in [3.63, 3.8) is 0 Å². The van der Waals surface area contributed by atoms with Crippen LogP contribution in [0.15, 0.2) is 18.2 Å². The molecule has 1 atom stereocenters. The Kier molecular flexibility index (Phi) is 3.34. The maximum atomic E-state index is 11.1. The van der Waals surface area contributed by atoms with E-state index in [4.69, 9.17) is 17.2 Å². The molecule has 6 nitrogen and oxygen atoms in total. The number of nitrogen functional groups attached to an aromatic ring is 1. The van der Waals surface area contributed by atoms with Crippen molar-refractivity contribution in [3.8, 4) is 0 Å². The van der Waals surface area contributed by atoms with Gasteiger partial charge in [0.2, 0.25) is 5.91 Å². The van der Waals surface area contributed by atoms with Crippen molar-refractivity contribution in [2.24, 2.45) is 11.5 Å². The second-order valence-electron chi connectivity index (χ2n) is 3.44. The van der Waals surface area contributed by atoms with E-state index in [0.717, 1.165) is 0 Å². The molecule has 0 aliphatic rings. The van der Waals surface area contributed by atoms with E-state index in [1.54, 1.807) is 13.0 Å². The van der Waals surface area contributed by atoms with Crippen LogP contribution >= 0.6 is 0 Å². The highest BCUT2D eigenvalue weighted by Gasteiger charge is 2.13. The number of benzene rings is 1. The SMILES string of the molecule is CC(Nc1cc(N)ccc1C(N)=O)C(N)=O. The second kappa shape index (κ2) is 4.52. The van der Waals surface area contributed by atoms with Crippen molar-refractivity contribution in [2.45, 2.75) is 13.0 Å². The molecule has 86 valence electrons. The van der Waals surface area contributed by atoms with E-state index >= 15 is 0 Å².